The van der Waals surface area contributed by atoms with Crippen LogP contribution in [0.3, 0.4) is 0 Å². The maximum Gasteiger partial charge on any atom is 0.261 e. The molecule has 0 aromatic heterocycles. The van der Waals surface area contributed by atoms with E-state index < -0.39 is 0 Å². The fourth-order valence-electron chi connectivity index (χ4n) is 3.09. The fraction of sp³-hybridized carbons (Fsp3) is 0.318. The van der Waals surface area contributed by atoms with E-state index in [0.717, 1.165) is 5.75 Å². The minimum atomic E-state index is -0.297. The molecule has 1 heterocycles. The molecule has 7 nitrogen and oxygen atoms in total. The lowest BCUT2D eigenvalue weighted by Crippen LogP contribution is -2.32. The quantitative estimate of drug-likeness (QED) is 0.493. The van der Waals surface area contributed by atoms with Gasteiger partial charge in [0, 0.05) is 13.0 Å². The van der Waals surface area contributed by atoms with Crippen molar-refractivity contribution in [3.8, 4) is 11.5 Å². The number of hydrogen-bond donors (Lipinski definition) is 1. The average molecular weight is 396 g/mol. The monoisotopic (exact) mass is 396 g/mol. The summed E-state index contributed by atoms with van der Waals surface area (Å²) in [5, 5.41) is 2.77. The Hall–Kier alpha value is -3.35. The van der Waals surface area contributed by atoms with Crippen LogP contribution in [0.25, 0.3) is 0 Å². The number of nitrogens with one attached hydrogen (secondary N) is 1. The van der Waals surface area contributed by atoms with E-state index in [9.17, 15) is 14.4 Å². The lowest BCUT2D eigenvalue weighted by atomic mass is 10.1. The van der Waals surface area contributed by atoms with Crippen LogP contribution >= 0.6 is 0 Å². The standard InChI is InChI=1S/C22H24N2O5/c1-2-28-16-9-11-17(12-10-16)29-15-13-23-20(25)8-5-14-24-21(26)18-6-3-4-7-19(18)22(24)27/h3-4,6-7,9-12H,2,5,8,13-15H2,1H3,(H,23,25). The van der Waals surface area contributed by atoms with Gasteiger partial charge in [-0.05, 0) is 49.7 Å². The fourth-order valence-corrected chi connectivity index (χ4v) is 3.09. The van der Waals surface area contributed by atoms with Gasteiger partial charge in [-0.1, -0.05) is 12.1 Å². The van der Waals surface area contributed by atoms with Gasteiger partial charge in [0.05, 0.1) is 24.3 Å². The van der Waals surface area contributed by atoms with Crippen molar-refractivity contribution in [2.45, 2.75) is 19.8 Å². The van der Waals surface area contributed by atoms with E-state index in [0.29, 0.717) is 43.1 Å². The normalized spacial score (nSPS) is 12.7. The van der Waals surface area contributed by atoms with Gasteiger partial charge in [-0.25, -0.2) is 0 Å². The Balaban J connectivity index is 1.33. The molecule has 0 spiro atoms. The van der Waals surface area contributed by atoms with Crippen molar-refractivity contribution < 1.29 is 23.9 Å². The predicted octanol–water partition coefficient (Wildman–Crippen LogP) is 2.66. The molecule has 152 valence electrons. The second-order valence-corrected chi connectivity index (χ2v) is 6.51. The zero-order valence-corrected chi connectivity index (χ0v) is 16.3. The molecule has 29 heavy (non-hydrogen) atoms. The Labute approximate surface area is 169 Å². The highest BCUT2D eigenvalue weighted by molar-refractivity contribution is 6.21. The summed E-state index contributed by atoms with van der Waals surface area (Å²) in [6, 6.07) is 14.0. The van der Waals surface area contributed by atoms with E-state index in [4.69, 9.17) is 9.47 Å². The van der Waals surface area contributed by atoms with Crippen molar-refractivity contribution in [1.29, 1.82) is 0 Å². The molecule has 7 heteroatoms. The van der Waals surface area contributed by atoms with Crippen LogP contribution in [-0.4, -0.2) is 48.9 Å². The summed E-state index contributed by atoms with van der Waals surface area (Å²) in [5.74, 6) is 0.751. The molecular formula is C22H24N2O5. The number of carbonyl (C=O) groups is 3. The van der Waals surface area contributed by atoms with Crippen LogP contribution in [0.5, 0.6) is 11.5 Å². The highest BCUT2D eigenvalue weighted by atomic mass is 16.5. The second kappa shape index (κ2) is 9.73. The van der Waals surface area contributed by atoms with E-state index >= 15 is 0 Å². The summed E-state index contributed by atoms with van der Waals surface area (Å²) in [7, 11) is 0. The molecule has 0 atom stereocenters. The Kier molecular flexibility index (Phi) is 6.84. The zero-order chi connectivity index (χ0) is 20.6. The van der Waals surface area contributed by atoms with Crippen LogP contribution in [0.4, 0.5) is 0 Å². The third-order valence-corrected chi connectivity index (χ3v) is 4.49. The van der Waals surface area contributed by atoms with Crippen LogP contribution < -0.4 is 14.8 Å². The first-order chi connectivity index (χ1) is 14.1. The number of benzene rings is 2. The third kappa shape index (κ3) is 5.13. The first-order valence-electron chi connectivity index (χ1n) is 9.67. The number of hydrogen-bond acceptors (Lipinski definition) is 5. The lowest BCUT2D eigenvalue weighted by Gasteiger charge is -2.13. The smallest absolute Gasteiger partial charge is 0.261 e. The maximum absolute atomic E-state index is 12.3. The molecule has 1 N–H and O–H groups in total. The SMILES string of the molecule is CCOc1ccc(OCCNC(=O)CCCN2C(=O)c3ccccc3C2=O)cc1. The number of fused-ring (bicyclic) bond motifs is 1. The number of imide groups is 1. The van der Waals surface area contributed by atoms with Gasteiger partial charge >= 0.3 is 0 Å². The molecule has 1 aliphatic rings. The van der Waals surface area contributed by atoms with E-state index in [2.05, 4.69) is 5.32 Å². The van der Waals surface area contributed by atoms with Crippen molar-refractivity contribution in [2.24, 2.45) is 0 Å². The van der Waals surface area contributed by atoms with Crippen molar-refractivity contribution in [3.63, 3.8) is 0 Å². The lowest BCUT2D eigenvalue weighted by molar-refractivity contribution is -0.121. The highest BCUT2D eigenvalue weighted by Crippen LogP contribution is 2.22. The minimum Gasteiger partial charge on any atom is -0.494 e. The molecular weight excluding hydrogens is 372 g/mol. The molecule has 0 unspecified atom stereocenters. The van der Waals surface area contributed by atoms with Crippen LogP contribution in [0.15, 0.2) is 48.5 Å². The largest absolute Gasteiger partial charge is 0.494 e. The average Bonchev–Trinajstić information content (AvgIpc) is 2.98. The number of nitrogens with zero attached hydrogens (tertiary/aromatic N) is 1. The molecule has 2 aromatic carbocycles. The summed E-state index contributed by atoms with van der Waals surface area (Å²) in [5.41, 5.74) is 0.849. The maximum atomic E-state index is 12.3. The number of rotatable bonds is 10. The Morgan fingerprint density at radius 2 is 1.52 bits per heavy atom. The number of carbonyl (C=O) groups excluding carboxylic acids is 3. The van der Waals surface area contributed by atoms with Gasteiger partial charge in [0.2, 0.25) is 5.91 Å². The summed E-state index contributed by atoms with van der Waals surface area (Å²) in [6.45, 7) is 3.48. The van der Waals surface area contributed by atoms with Crippen molar-refractivity contribution in [2.75, 3.05) is 26.3 Å². The highest BCUT2D eigenvalue weighted by Gasteiger charge is 2.34. The molecule has 2 aromatic rings. The first kappa shape index (κ1) is 20.4. The molecule has 0 fully saturated rings. The zero-order valence-electron chi connectivity index (χ0n) is 16.3. The van der Waals surface area contributed by atoms with Gasteiger partial charge < -0.3 is 14.8 Å². The predicted molar refractivity (Wildman–Crippen MR) is 107 cm³/mol. The van der Waals surface area contributed by atoms with Crippen LogP contribution in [-0.2, 0) is 4.79 Å². The summed E-state index contributed by atoms with van der Waals surface area (Å²) >= 11 is 0. The van der Waals surface area contributed by atoms with Gasteiger partial charge in [-0.3, -0.25) is 19.3 Å². The van der Waals surface area contributed by atoms with E-state index in [1.54, 1.807) is 24.3 Å². The van der Waals surface area contributed by atoms with Crippen LogP contribution in [0.2, 0.25) is 0 Å². The van der Waals surface area contributed by atoms with Gasteiger partial charge in [0.1, 0.15) is 18.1 Å². The molecule has 1 aliphatic heterocycles. The van der Waals surface area contributed by atoms with Gasteiger partial charge in [-0.15, -0.1) is 0 Å². The van der Waals surface area contributed by atoms with E-state index in [1.807, 2.05) is 31.2 Å². The molecule has 0 aliphatic carbocycles. The van der Waals surface area contributed by atoms with Gasteiger partial charge in [-0.2, -0.15) is 0 Å². The van der Waals surface area contributed by atoms with E-state index in [-0.39, 0.29) is 30.7 Å². The number of ether oxygens (including phenoxy) is 2. The van der Waals surface area contributed by atoms with Crippen molar-refractivity contribution in [3.05, 3.63) is 59.7 Å². The Bertz CT molecular complexity index is 844. The van der Waals surface area contributed by atoms with Crippen molar-refractivity contribution >= 4 is 17.7 Å². The molecule has 0 saturated heterocycles. The minimum absolute atomic E-state index is 0.142. The van der Waals surface area contributed by atoms with Crippen molar-refractivity contribution in [1.82, 2.24) is 10.2 Å². The Morgan fingerprint density at radius 1 is 0.931 bits per heavy atom. The number of amides is 3. The summed E-state index contributed by atoms with van der Waals surface area (Å²) in [6.07, 6.45) is 0.646. The molecule has 0 bridgehead atoms. The van der Waals surface area contributed by atoms with Gasteiger partial charge in [0.25, 0.3) is 11.8 Å². The topological polar surface area (TPSA) is 84.9 Å². The first-order valence-corrected chi connectivity index (χ1v) is 9.67. The molecule has 0 saturated carbocycles. The van der Waals surface area contributed by atoms with Crippen LogP contribution in [0, 0.1) is 0 Å². The molecule has 3 amide bonds. The summed E-state index contributed by atoms with van der Waals surface area (Å²) in [4.78, 5) is 37.7. The summed E-state index contributed by atoms with van der Waals surface area (Å²) < 4.78 is 10.9. The third-order valence-electron chi connectivity index (χ3n) is 4.49. The van der Waals surface area contributed by atoms with Crippen LogP contribution in [0.1, 0.15) is 40.5 Å². The van der Waals surface area contributed by atoms with E-state index in [1.165, 1.54) is 4.90 Å². The van der Waals surface area contributed by atoms with Gasteiger partial charge in [0.15, 0.2) is 0 Å². The molecule has 0 radical (unpaired) electrons. The second-order valence-electron chi connectivity index (χ2n) is 6.51. The molecule has 3 rings (SSSR count). The Morgan fingerprint density at radius 3 is 2.10 bits per heavy atom.